The molecule has 3 heteroatoms. The van der Waals surface area contributed by atoms with Gasteiger partial charge in [0.25, 0.3) is 0 Å². The predicted molar refractivity (Wildman–Crippen MR) is 75.0 cm³/mol. The van der Waals surface area contributed by atoms with Gasteiger partial charge in [0, 0.05) is 17.0 Å². The molecule has 0 amide bonds. The fourth-order valence-electron chi connectivity index (χ4n) is 2.88. The molecule has 3 rings (SSSR count). The van der Waals surface area contributed by atoms with E-state index < -0.39 is 0 Å². The number of nitrogens with zero attached hydrogens (tertiary/aromatic N) is 2. The van der Waals surface area contributed by atoms with Crippen LogP contribution >= 0.6 is 0 Å². The summed E-state index contributed by atoms with van der Waals surface area (Å²) < 4.78 is 2.02. The molecule has 0 unspecified atom stereocenters. The highest BCUT2D eigenvalue weighted by molar-refractivity contribution is 6.32. The van der Waals surface area contributed by atoms with E-state index in [4.69, 9.17) is 7.85 Å². The van der Waals surface area contributed by atoms with Gasteiger partial charge in [0.1, 0.15) is 7.85 Å². The number of hydrogen-bond donors (Lipinski definition) is 0. The topological polar surface area (TPSA) is 17.8 Å². The van der Waals surface area contributed by atoms with Crippen LogP contribution in [0.1, 0.15) is 39.0 Å². The van der Waals surface area contributed by atoms with E-state index in [1.165, 1.54) is 11.3 Å². The van der Waals surface area contributed by atoms with Gasteiger partial charge < -0.3 is 0 Å². The van der Waals surface area contributed by atoms with Gasteiger partial charge in [0.05, 0.1) is 11.4 Å². The summed E-state index contributed by atoms with van der Waals surface area (Å²) in [6, 6.07) is 8.24. The molecule has 0 N–H and O–H groups in total. The molecule has 2 nitrogen and oxygen atoms in total. The maximum Gasteiger partial charge on any atom is 0.113 e. The molecule has 18 heavy (non-hydrogen) atoms. The van der Waals surface area contributed by atoms with Gasteiger partial charge in [0.2, 0.25) is 0 Å². The van der Waals surface area contributed by atoms with E-state index in [2.05, 4.69) is 44.9 Å². The van der Waals surface area contributed by atoms with Crippen LogP contribution in [0.2, 0.25) is 0 Å². The minimum Gasteiger partial charge on any atom is -0.237 e. The third-order valence-electron chi connectivity index (χ3n) is 4.77. The Hall–Kier alpha value is -1.51. The highest BCUT2D eigenvalue weighted by atomic mass is 15.3. The maximum absolute atomic E-state index is 5.92. The van der Waals surface area contributed by atoms with E-state index >= 15 is 0 Å². The second-order valence-electron chi connectivity index (χ2n) is 6.15. The summed E-state index contributed by atoms with van der Waals surface area (Å²) in [4.78, 5) is 0. The fraction of sp³-hybridized carbons (Fsp3) is 0.400. The first-order valence-electron chi connectivity index (χ1n) is 6.30. The van der Waals surface area contributed by atoms with E-state index in [0.29, 0.717) is 0 Å². The second-order valence-corrected chi connectivity index (χ2v) is 6.15. The molecule has 0 atom stereocenters. The van der Waals surface area contributed by atoms with Crippen molar-refractivity contribution in [2.45, 2.75) is 38.5 Å². The molecule has 2 radical (unpaired) electrons. The monoisotopic (exact) mass is 236 g/mol. The molecule has 1 aliphatic rings. The van der Waals surface area contributed by atoms with Crippen molar-refractivity contribution in [3.8, 4) is 5.69 Å². The number of benzene rings is 1. The van der Waals surface area contributed by atoms with E-state index in [1.54, 1.807) is 0 Å². The lowest BCUT2D eigenvalue weighted by Gasteiger charge is -2.47. The van der Waals surface area contributed by atoms with Crippen LogP contribution in [-0.2, 0) is 10.8 Å². The van der Waals surface area contributed by atoms with Crippen LogP contribution in [0.15, 0.2) is 30.5 Å². The van der Waals surface area contributed by atoms with Gasteiger partial charge >= 0.3 is 0 Å². The van der Waals surface area contributed by atoms with Crippen molar-refractivity contribution in [3.05, 3.63) is 41.7 Å². The first-order chi connectivity index (χ1) is 8.35. The fourth-order valence-corrected chi connectivity index (χ4v) is 2.88. The van der Waals surface area contributed by atoms with E-state index in [0.717, 1.165) is 11.2 Å². The molecular formula is C15H17BN2. The molecule has 0 aliphatic carbocycles. The number of fused-ring (bicyclic) bond motifs is 3. The van der Waals surface area contributed by atoms with Gasteiger partial charge in [-0.3, -0.25) is 0 Å². The Morgan fingerprint density at radius 3 is 2.50 bits per heavy atom. The molecule has 0 saturated carbocycles. The largest absolute Gasteiger partial charge is 0.237 e. The van der Waals surface area contributed by atoms with Crippen LogP contribution in [0.3, 0.4) is 0 Å². The summed E-state index contributed by atoms with van der Waals surface area (Å²) in [5.41, 5.74) is 4.52. The number of hydrogen-bond acceptors (Lipinski definition) is 1. The molecule has 0 bridgehead atoms. The number of aromatic nitrogens is 2. The summed E-state index contributed by atoms with van der Waals surface area (Å²) in [6.45, 7) is 9.14. The Bertz CT molecular complexity index is 623. The molecule has 0 saturated heterocycles. The van der Waals surface area contributed by atoms with E-state index in [9.17, 15) is 0 Å². The number of rotatable bonds is 0. The van der Waals surface area contributed by atoms with E-state index in [1.807, 2.05) is 23.0 Å². The van der Waals surface area contributed by atoms with Crippen molar-refractivity contribution in [2.24, 2.45) is 0 Å². The van der Waals surface area contributed by atoms with Crippen LogP contribution in [-0.4, -0.2) is 17.6 Å². The van der Waals surface area contributed by atoms with Gasteiger partial charge in [-0.05, 0) is 17.7 Å². The molecule has 90 valence electrons. The molecule has 0 fully saturated rings. The van der Waals surface area contributed by atoms with E-state index in [-0.39, 0.29) is 10.8 Å². The average molecular weight is 236 g/mol. The highest BCUT2D eigenvalue weighted by Gasteiger charge is 2.46. The van der Waals surface area contributed by atoms with Gasteiger partial charge in [-0.25, -0.2) is 4.68 Å². The third kappa shape index (κ3) is 1.22. The summed E-state index contributed by atoms with van der Waals surface area (Å²) >= 11 is 0. The lowest BCUT2D eigenvalue weighted by atomic mass is 9.60. The SMILES string of the molecule is [B]c1ccc2c(c1)-n1nccc1C(C)(C)C2(C)C. The molecular weight excluding hydrogens is 219 g/mol. The lowest BCUT2D eigenvalue weighted by Crippen LogP contribution is -2.46. The standard InChI is InChI=1S/C15H17BN2/c1-14(2)11-6-5-10(16)9-12(11)18-13(7-8-17-18)15(14,3)4/h5-9H,1-4H3. The van der Waals surface area contributed by atoms with Crippen molar-refractivity contribution < 1.29 is 0 Å². The Morgan fingerprint density at radius 1 is 1.06 bits per heavy atom. The lowest BCUT2D eigenvalue weighted by molar-refractivity contribution is 0.275. The zero-order valence-electron chi connectivity index (χ0n) is 11.4. The zero-order valence-corrected chi connectivity index (χ0v) is 11.4. The Morgan fingerprint density at radius 2 is 1.78 bits per heavy atom. The van der Waals surface area contributed by atoms with Crippen molar-refractivity contribution in [2.75, 3.05) is 0 Å². The molecule has 2 heterocycles. The van der Waals surface area contributed by atoms with Gasteiger partial charge in [0.15, 0.2) is 0 Å². The van der Waals surface area contributed by atoms with Crippen molar-refractivity contribution >= 4 is 13.3 Å². The summed E-state index contributed by atoms with van der Waals surface area (Å²) in [7, 11) is 5.92. The van der Waals surface area contributed by atoms with Gasteiger partial charge in [-0.2, -0.15) is 5.10 Å². The minimum atomic E-state index is 0.0343. The second kappa shape index (κ2) is 3.28. The van der Waals surface area contributed by atoms with Gasteiger partial charge in [-0.1, -0.05) is 45.3 Å². The minimum absolute atomic E-state index is 0.0343. The van der Waals surface area contributed by atoms with Crippen LogP contribution < -0.4 is 5.46 Å². The molecule has 2 aromatic rings. The smallest absolute Gasteiger partial charge is 0.113 e. The molecule has 1 aromatic carbocycles. The van der Waals surface area contributed by atoms with Crippen molar-refractivity contribution in [3.63, 3.8) is 0 Å². The third-order valence-corrected chi connectivity index (χ3v) is 4.77. The van der Waals surface area contributed by atoms with Crippen LogP contribution in [0.5, 0.6) is 0 Å². The quantitative estimate of drug-likeness (QED) is 0.641. The van der Waals surface area contributed by atoms with Gasteiger partial charge in [-0.15, -0.1) is 0 Å². The highest BCUT2D eigenvalue weighted by Crippen LogP contribution is 2.49. The summed E-state index contributed by atoms with van der Waals surface area (Å²) in [5.74, 6) is 0. The summed E-state index contributed by atoms with van der Waals surface area (Å²) in [5, 5.41) is 4.46. The first kappa shape index (κ1) is 11.6. The molecule has 1 aromatic heterocycles. The van der Waals surface area contributed by atoms with Crippen LogP contribution in [0.4, 0.5) is 0 Å². The van der Waals surface area contributed by atoms with Crippen LogP contribution in [0, 0.1) is 0 Å². The normalized spacial score (nSPS) is 19.1. The Balaban J connectivity index is 2.41. The molecule has 0 spiro atoms. The molecule has 1 aliphatic heterocycles. The Labute approximate surface area is 109 Å². The average Bonchev–Trinajstić information content (AvgIpc) is 2.76. The zero-order chi connectivity index (χ0) is 13.1. The predicted octanol–water partition coefficient (Wildman–Crippen LogP) is 2.23. The first-order valence-corrected chi connectivity index (χ1v) is 6.30. The van der Waals surface area contributed by atoms with Crippen LogP contribution in [0.25, 0.3) is 5.69 Å². The maximum atomic E-state index is 5.92. The Kier molecular flexibility index (Phi) is 2.11. The van der Waals surface area contributed by atoms with Crippen molar-refractivity contribution in [1.29, 1.82) is 0 Å². The summed E-state index contributed by atoms with van der Waals surface area (Å²) in [6.07, 6.45) is 1.87. The van der Waals surface area contributed by atoms with Crippen molar-refractivity contribution in [1.82, 2.24) is 9.78 Å².